The van der Waals surface area contributed by atoms with E-state index in [0.29, 0.717) is 17.2 Å². The summed E-state index contributed by atoms with van der Waals surface area (Å²) >= 11 is 0. The normalized spacial score (nSPS) is 10.6. The van der Waals surface area contributed by atoms with Gasteiger partial charge in [-0.3, -0.25) is 4.79 Å². The van der Waals surface area contributed by atoms with E-state index in [9.17, 15) is 4.79 Å². The first-order valence-corrected chi connectivity index (χ1v) is 8.67. The predicted octanol–water partition coefficient (Wildman–Crippen LogP) is 2.85. The molecule has 0 bridgehead atoms. The topological polar surface area (TPSA) is 93.4 Å². The quantitative estimate of drug-likeness (QED) is 0.539. The molecule has 0 saturated heterocycles. The lowest BCUT2D eigenvalue weighted by atomic mass is 10.0. The number of ether oxygens (including phenoxy) is 1. The fourth-order valence-electron chi connectivity index (χ4n) is 2.82. The number of amides is 1. The van der Waals surface area contributed by atoms with Crippen LogP contribution in [-0.4, -0.2) is 39.4 Å². The van der Waals surface area contributed by atoms with Gasteiger partial charge in [-0.1, -0.05) is 30.3 Å². The molecule has 0 atom stereocenters. The van der Waals surface area contributed by atoms with Crippen LogP contribution in [0.2, 0.25) is 0 Å². The number of nitrogens with one attached hydrogen (secondary N) is 2. The number of nitrogens with zero attached hydrogens (tertiary/aromatic N) is 4. The number of benzene rings is 2. The van der Waals surface area contributed by atoms with Crippen molar-refractivity contribution in [3.05, 3.63) is 67.0 Å². The SMILES string of the molecule is COc1ccccc1-c1ccc(NC(=O)CNc2ccc3nncn3n2)cc1. The molecule has 4 aromatic rings. The highest BCUT2D eigenvalue weighted by atomic mass is 16.5. The van der Waals surface area contributed by atoms with Crippen LogP contribution in [0.1, 0.15) is 0 Å². The lowest BCUT2D eigenvalue weighted by Gasteiger charge is -2.10. The van der Waals surface area contributed by atoms with Gasteiger partial charge in [0.15, 0.2) is 5.65 Å². The molecule has 0 spiro atoms. The average Bonchev–Trinajstić information content (AvgIpc) is 3.21. The van der Waals surface area contributed by atoms with Gasteiger partial charge in [-0.2, -0.15) is 4.52 Å². The van der Waals surface area contributed by atoms with E-state index in [0.717, 1.165) is 16.9 Å². The van der Waals surface area contributed by atoms with Gasteiger partial charge in [0, 0.05) is 11.3 Å². The number of aromatic nitrogens is 4. The summed E-state index contributed by atoms with van der Waals surface area (Å²) in [7, 11) is 1.65. The molecule has 2 heterocycles. The summed E-state index contributed by atoms with van der Waals surface area (Å²) in [5.74, 6) is 1.20. The summed E-state index contributed by atoms with van der Waals surface area (Å²) < 4.78 is 6.94. The number of hydrogen-bond acceptors (Lipinski definition) is 6. The molecule has 0 saturated carbocycles. The Labute approximate surface area is 161 Å². The molecule has 0 aliphatic carbocycles. The second-order valence-electron chi connectivity index (χ2n) is 6.03. The molecule has 28 heavy (non-hydrogen) atoms. The van der Waals surface area contributed by atoms with Crippen LogP contribution in [0.5, 0.6) is 5.75 Å². The molecule has 0 unspecified atom stereocenters. The minimum Gasteiger partial charge on any atom is -0.496 e. The molecule has 0 aliphatic heterocycles. The van der Waals surface area contributed by atoms with Gasteiger partial charge in [0.05, 0.1) is 13.7 Å². The fraction of sp³-hybridized carbons (Fsp3) is 0.100. The third kappa shape index (κ3) is 3.75. The first-order chi connectivity index (χ1) is 13.7. The summed E-state index contributed by atoms with van der Waals surface area (Å²) in [5.41, 5.74) is 3.37. The maximum absolute atomic E-state index is 12.2. The number of methoxy groups -OCH3 is 1. The average molecular weight is 374 g/mol. The van der Waals surface area contributed by atoms with Crippen LogP contribution in [0.15, 0.2) is 67.0 Å². The molecule has 0 fully saturated rings. The monoisotopic (exact) mass is 374 g/mol. The number of hydrogen-bond donors (Lipinski definition) is 2. The van der Waals surface area contributed by atoms with Crippen molar-refractivity contribution in [2.75, 3.05) is 24.3 Å². The largest absolute Gasteiger partial charge is 0.496 e. The van der Waals surface area contributed by atoms with Crippen LogP contribution >= 0.6 is 0 Å². The maximum Gasteiger partial charge on any atom is 0.243 e. The number of para-hydroxylation sites is 1. The molecule has 8 heteroatoms. The predicted molar refractivity (Wildman–Crippen MR) is 106 cm³/mol. The molecule has 140 valence electrons. The number of carbonyl (C=O) groups excluding carboxylic acids is 1. The minimum absolute atomic E-state index is 0.0922. The van der Waals surface area contributed by atoms with Crippen LogP contribution in [-0.2, 0) is 4.79 Å². The van der Waals surface area contributed by atoms with E-state index >= 15 is 0 Å². The van der Waals surface area contributed by atoms with Gasteiger partial charge in [0.1, 0.15) is 17.9 Å². The first-order valence-electron chi connectivity index (χ1n) is 8.67. The van der Waals surface area contributed by atoms with Crippen molar-refractivity contribution in [3.8, 4) is 16.9 Å². The van der Waals surface area contributed by atoms with Crippen LogP contribution in [0.4, 0.5) is 11.5 Å². The Kier molecular flexibility index (Phi) is 4.83. The van der Waals surface area contributed by atoms with Gasteiger partial charge in [0.2, 0.25) is 5.91 Å². The number of fused-ring (bicyclic) bond motifs is 1. The zero-order chi connectivity index (χ0) is 19.3. The first kappa shape index (κ1) is 17.5. The Bertz CT molecular complexity index is 1110. The number of carbonyl (C=O) groups is 1. The number of anilines is 2. The molecule has 2 aromatic carbocycles. The molecule has 0 aliphatic rings. The highest BCUT2D eigenvalue weighted by Crippen LogP contribution is 2.30. The van der Waals surface area contributed by atoms with Crippen LogP contribution in [0.25, 0.3) is 16.8 Å². The molecular weight excluding hydrogens is 356 g/mol. The lowest BCUT2D eigenvalue weighted by molar-refractivity contribution is -0.114. The second kappa shape index (κ2) is 7.75. The number of rotatable bonds is 6. The van der Waals surface area contributed by atoms with Crippen molar-refractivity contribution in [2.45, 2.75) is 0 Å². The summed E-state index contributed by atoms with van der Waals surface area (Å²) in [6.07, 6.45) is 1.50. The van der Waals surface area contributed by atoms with E-state index < -0.39 is 0 Å². The highest BCUT2D eigenvalue weighted by Gasteiger charge is 2.07. The molecule has 1 amide bonds. The summed E-state index contributed by atoms with van der Waals surface area (Å²) in [4.78, 5) is 12.2. The molecule has 2 N–H and O–H groups in total. The molecular formula is C20H18N6O2. The Hall–Kier alpha value is -3.94. The van der Waals surface area contributed by atoms with E-state index in [-0.39, 0.29) is 12.5 Å². The van der Waals surface area contributed by atoms with Crippen LogP contribution in [0, 0.1) is 0 Å². The van der Waals surface area contributed by atoms with Gasteiger partial charge >= 0.3 is 0 Å². The van der Waals surface area contributed by atoms with E-state index in [1.807, 2.05) is 48.5 Å². The fourth-order valence-corrected chi connectivity index (χ4v) is 2.82. The Balaban J connectivity index is 1.37. The van der Waals surface area contributed by atoms with Crippen LogP contribution < -0.4 is 15.4 Å². The minimum atomic E-state index is -0.171. The molecule has 8 nitrogen and oxygen atoms in total. The standard InChI is InChI=1S/C20H18N6O2/c1-28-17-5-3-2-4-16(17)14-6-8-15(9-7-14)23-20(27)12-21-18-10-11-19-24-22-13-26(19)25-18/h2-11,13H,12H2,1H3,(H,21,25)(H,23,27). The Morgan fingerprint density at radius 1 is 1.07 bits per heavy atom. The summed E-state index contributed by atoms with van der Waals surface area (Å²) in [5, 5.41) is 17.8. The van der Waals surface area contributed by atoms with E-state index in [4.69, 9.17) is 4.74 Å². The Morgan fingerprint density at radius 3 is 2.71 bits per heavy atom. The lowest BCUT2D eigenvalue weighted by Crippen LogP contribution is -2.22. The molecule has 0 radical (unpaired) electrons. The molecule has 2 aromatic heterocycles. The third-order valence-corrected chi connectivity index (χ3v) is 4.18. The van der Waals surface area contributed by atoms with Crippen molar-refractivity contribution in [1.82, 2.24) is 19.8 Å². The maximum atomic E-state index is 12.2. The second-order valence-corrected chi connectivity index (χ2v) is 6.03. The van der Waals surface area contributed by atoms with Crippen molar-refractivity contribution in [1.29, 1.82) is 0 Å². The van der Waals surface area contributed by atoms with Crippen molar-refractivity contribution < 1.29 is 9.53 Å². The highest BCUT2D eigenvalue weighted by molar-refractivity contribution is 5.93. The zero-order valence-corrected chi connectivity index (χ0v) is 15.2. The van der Waals surface area contributed by atoms with E-state index in [1.165, 1.54) is 10.8 Å². The van der Waals surface area contributed by atoms with Gasteiger partial charge < -0.3 is 15.4 Å². The van der Waals surface area contributed by atoms with E-state index in [2.05, 4.69) is 25.9 Å². The smallest absolute Gasteiger partial charge is 0.243 e. The van der Waals surface area contributed by atoms with Crippen molar-refractivity contribution in [3.63, 3.8) is 0 Å². The van der Waals surface area contributed by atoms with Gasteiger partial charge in [-0.25, -0.2) is 0 Å². The van der Waals surface area contributed by atoms with Crippen molar-refractivity contribution in [2.24, 2.45) is 0 Å². The van der Waals surface area contributed by atoms with Gasteiger partial charge in [-0.05, 0) is 35.9 Å². The zero-order valence-electron chi connectivity index (χ0n) is 15.2. The third-order valence-electron chi connectivity index (χ3n) is 4.18. The Morgan fingerprint density at radius 2 is 1.89 bits per heavy atom. The van der Waals surface area contributed by atoms with Crippen LogP contribution in [0.3, 0.4) is 0 Å². The van der Waals surface area contributed by atoms with Crippen molar-refractivity contribution >= 4 is 23.1 Å². The van der Waals surface area contributed by atoms with Gasteiger partial charge in [0.25, 0.3) is 0 Å². The molecule has 4 rings (SSSR count). The summed E-state index contributed by atoms with van der Waals surface area (Å²) in [6, 6.07) is 18.9. The summed E-state index contributed by atoms with van der Waals surface area (Å²) in [6.45, 7) is 0.0922. The van der Waals surface area contributed by atoms with E-state index in [1.54, 1.807) is 19.2 Å². The van der Waals surface area contributed by atoms with Gasteiger partial charge in [-0.15, -0.1) is 15.3 Å².